The van der Waals surface area contributed by atoms with Crippen LogP contribution in [0.5, 0.6) is 0 Å². The summed E-state index contributed by atoms with van der Waals surface area (Å²) in [6.07, 6.45) is 1.35. The predicted molar refractivity (Wildman–Crippen MR) is 145 cm³/mol. The molecule has 0 radical (unpaired) electrons. The van der Waals surface area contributed by atoms with Crippen LogP contribution in [0.15, 0.2) is 64.0 Å². The van der Waals surface area contributed by atoms with Crippen LogP contribution in [0.4, 0.5) is 16.7 Å². The molecule has 11 heteroatoms. The molecule has 4 aromatic rings. The van der Waals surface area contributed by atoms with Crippen molar-refractivity contribution in [3.05, 3.63) is 70.7 Å². The number of benzene rings is 2. The summed E-state index contributed by atoms with van der Waals surface area (Å²) in [5, 5.41) is 16.6. The van der Waals surface area contributed by atoms with Crippen molar-refractivity contribution in [1.29, 1.82) is 0 Å². The van der Waals surface area contributed by atoms with E-state index in [0.29, 0.717) is 42.1 Å². The van der Waals surface area contributed by atoms with E-state index in [1.54, 1.807) is 11.3 Å². The van der Waals surface area contributed by atoms with Crippen molar-refractivity contribution < 1.29 is 13.9 Å². The molecule has 1 saturated heterocycles. The van der Waals surface area contributed by atoms with E-state index < -0.39 is 6.17 Å². The molecule has 2 aromatic heterocycles. The number of nitrogens with one attached hydrogen (secondary N) is 2. The summed E-state index contributed by atoms with van der Waals surface area (Å²) in [7, 11) is 0. The smallest absolute Gasteiger partial charge is 0.317 e. The summed E-state index contributed by atoms with van der Waals surface area (Å²) in [6.45, 7) is 2.93. The van der Waals surface area contributed by atoms with Crippen molar-refractivity contribution in [2.45, 2.75) is 24.9 Å². The number of fused-ring (bicyclic) bond motifs is 1. The zero-order valence-electron chi connectivity index (χ0n) is 20.5. The molecule has 1 saturated carbocycles. The Balaban J connectivity index is 1.21. The fourth-order valence-corrected chi connectivity index (χ4v) is 5.91. The lowest BCUT2D eigenvalue weighted by Crippen LogP contribution is -2.36. The first-order valence-corrected chi connectivity index (χ1v) is 13.5. The number of rotatable bonds is 6. The third-order valence-electron chi connectivity index (χ3n) is 6.73. The number of carbonyl (C=O) groups excluding carboxylic acids is 1. The zero-order valence-corrected chi connectivity index (χ0v) is 21.3. The van der Waals surface area contributed by atoms with E-state index in [1.165, 1.54) is 0 Å². The van der Waals surface area contributed by atoms with Gasteiger partial charge in [0, 0.05) is 30.1 Å². The van der Waals surface area contributed by atoms with Gasteiger partial charge in [0.15, 0.2) is 5.69 Å². The lowest BCUT2D eigenvalue weighted by molar-refractivity contribution is -0.116. The minimum Gasteiger partial charge on any atom is -0.402 e. The van der Waals surface area contributed by atoms with Crippen LogP contribution < -0.4 is 15.5 Å². The molecule has 2 aliphatic heterocycles. The molecule has 1 aliphatic carbocycles. The minimum atomic E-state index is -0.970. The third kappa shape index (κ3) is 4.44. The van der Waals surface area contributed by atoms with Gasteiger partial charge in [0.2, 0.25) is 6.17 Å². The van der Waals surface area contributed by atoms with Crippen LogP contribution >= 0.6 is 11.3 Å². The van der Waals surface area contributed by atoms with Crippen LogP contribution in [0.1, 0.15) is 34.9 Å². The number of carbonyl (C=O) groups is 1. The van der Waals surface area contributed by atoms with Gasteiger partial charge < -0.3 is 24.7 Å². The second-order valence-electron chi connectivity index (χ2n) is 9.42. The standard InChI is InChI=1S/C27H25N7O3S/c35-23-22(29-20(16-6-2-1-3-7-16)18-8-4-5-9-19(18)28-23)31-27-33-32-24(37-27)21-26(34-12-14-36-15-13-34)38-25(30-21)17-10-11-17/h1-9,17,22H,10-15H2,(H,28,35)(H,31,33)/t22-/m1/s1. The van der Waals surface area contributed by atoms with Gasteiger partial charge in [0.25, 0.3) is 11.8 Å². The average Bonchev–Trinajstić information content (AvgIpc) is 3.58. The number of thiazole rings is 1. The van der Waals surface area contributed by atoms with Crippen molar-refractivity contribution in [3.8, 4) is 11.6 Å². The first kappa shape index (κ1) is 23.1. The Labute approximate surface area is 222 Å². The SMILES string of the molecule is O=C1Nc2ccccc2C(c2ccccc2)=N[C@@H]1Nc1nnc(-c2nc(C3CC3)sc2N2CCOCC2)o1. The molecule has 10 nitrogen and oxygen atoms in total. The molecule has 192 valence electrons. The molecule has 0 bridgehead atoms. The minimum absolute atomic E-state index is 0.108. The number of amides is 1. The Kier molecular flexibility index (Phi) is 5.86. The van der Waals surface area contributed by atoms with E-state index in [0.717, 1.165) is 47.1 Å². The van der Waals surface area contributed by atoms with Crippen LogP contribution in [-0.2, 0) is 9.53 Å². The fourth-order valence-electron chi connectivity index (χ4n) is 4.63. The number of aromatic nitrogens is 3. The molecule has 4 heterocycles. The average molecular weight is 528 g/mol. The van der Waals surface area contributed by atoms with Gasteiger partial charge in [0.05, 0.1) is 29.6 Å². The molecule has 1 amide bonds. The van der Waals surface area contributed by atoms with Crippen molar-refractivity contribution in [2.24, 2.45) is 4.99 Å². The van der Waals surface area contributed by atoms with Gasteiger partial charge >= 0.3 is 6.01 Å². The highest BCUT2D eigenvalue weighted by Gasteiger charge is 2.33. The Morgan fingerprint density at radius 1 is 1.00 bits per heavy atom. The molecule has 2 N–H and O–H groups in total. The monoisotopic (exact) mass is 527 g/mol. The van der Waals surface area contributed by atoms with Gasteiger partial charge in [-0.3, -0.25) is 4.79 Å². The highest BCUT2D eigenvalue weighted by molar-refractivity contribution is 7.16. The Hall–Kier alpha value is -4.09. The number of para-hydroxylation sites is 1. The van der Waals surface area contributed by atoms with Crippen molar-refractivity contribution in [1.82, 2.24) is 15.2 Å². The van der Waals surface area contributed by atoms with Gasteiger partial charge in [-0.25, -0.2) is 9.98 Å². The normalized spacial score (nSPS) is 19.4. The van der Waals surface area contributed by atoms with Crippen LogP contribution in [0, 0.1) is 0 Å². The molecular formula is C27H25N7O3S. The summed E-state index contributed by atoms with van der Waals surface area (Å²) >= 11 is 1.70. The number of hydrogen-bond donors (Lipinski definition) is 2. The maximum absolute atomic E-state index is 13.2. The quantitative estimate of drug-likeness (QED) is 0.384. The largest absolute Gasteiger partial charge is 0.402 e. The molecule has 1 atom stereocenters. The van der Waals surface area contributed by atoms with Crippen LogP contribution in [0.2, 0.25) is 0 Å². The highest BCUT2D eigenvalue weighted by atomic mass is 32.1. The summed E-state index contributed by atoms with van der Waals surface area (Å²) in [5.74, 6) is 0.514. The second-order valence-corrected chi connectivity index (χ2v) is 10.4. The topological polar surface area (TPSA) is 118 Å². The number of hydrogen-bond acceptors (Lipinski definition) is 10. The van der Waals surface area contributed by atoms with E-state index in [2.05, 4.69) is 25.7 Å². The lowest BCUT2D eigenvalue weighted by Gasteiger charge is -2.27. The maximum Gasteiger partial charge on any atom is 0.317 e. The van der Waals surface area contributed by atoms with E-state index in [9.17, 15) is 4.79 Å². The second kappa shape index (κ2) is 9.66. The molecule has 3 aliphatic rings. The third-order valence-corrected chi connectivity index (χ3v) is 8.01. The number of aliphatic imine (C=N–C) groups is 1. The Bertz CT molecular complexity index is 1510. The molecule has 0 spiro atoms. The number of ether oxygens (including phenoxy) is 1. The molecule has 2 fully saturated rings. The number of morpholine rings is 1. The molecular weight excluding hydrogens is 502 g/mol. The summed E-state index contributed by atoms with van der Waals surface area (Å²) in [4.78, 5) is 25.1. The fraction of sp³-hybridized carbons (Fsp3) is 0.296. The Morgan fingerprint density at radius 3 is 2.61 bits per heavy atom. The van der Waals surface area contributed by atoms with Crippen molar-refractivity contribution >= 4 is 39.7 Å². The number of benzodiazepines with no additional fused rings is 1. The van der Waals surface area contributed by atoms with Crippen LogP contribution in [0.3, 0.4) is 0 Å². The van der Waals surface area contributed by atoms with E-state index in [1.807, 2.05) is 54.6 Å². The lowest BCUT2D eigenvalue weighted by atomic mass is 10.0. The van der Waals surface area contributed by atoms with Crippen LogP contribution in [-0.4, -0.2) is 59.3 Å². The zero-order chi connectivity index (χ0) is 25.5. The van der Waals surface area contributed by atoms with Gasteiger partial charge in [-0.05, 0) is 18.9 Å². The van der Waals surface area contributed by atoms with E-state index in [-0.39, 0.29) is 11.9 Å². The number of nitrogens with zero attached hydrogens (tertiary/aromatic N) is 5. The van der Waals surface area contributed by atoms with Gasteiger partial charge in [0.1, 0.15) is 5.00 Å². The molecule has 38 heavy (non-hydrogen) atoms. The van der Waals surface area contributed by atoms with Crippen molar-refractivity contribution in [2.75, 3.05) is 41.8 Å². The van der Waals surface area contributed by atoms with Crippen LogP contribution in [0.25, 0.3) is 11.6 Å². The molecule has 2 aromatic carbocycles. The Morgan fingerprint density at radius 2 is 1.79 bits per heavy atom. The molecule has 0 unspecified atom stereocenters. The van der Waals surface area contributed by atoms with Gasteiger partial charge in [-0.15, -0.1) is 16.4 Å². The van der Waals surface area contributed by atoms with E-state index in [4.69, 9.17) is 19.1 Å². The maximum atomic E-state index is 13.2. The first-order valence-electron chi connectivity index (χ1n) is 12.7. The summed E-state index contributed by atoms with van der Waals surface area (Å²) < 4.78 is 11.6. The predicted octanol–water partition coefficient (Wildman–Crippen LogP) is 4.13. The first-order chi connectivity index (χ1) is 18.7. The summed E-state index contributed by atoms with van der Waals surface area (Å²) in [5.41, 5.74) is 3.82. The summed E-state index contributed by atoms with van der Waals surface area (Å²) in [6, 6.07) is 17.5. The molecule has 7 rings (SSSR count). The van der Waals surface area contributed by atoms with Crippen molar-refractivity contribution in [3.63, 3.8) is 0 Å². The van der Waals surface area contributed by atoms with E-state index >= 15 is 0 Å². The van der Waals surface area contributed by atoms with Gasteiger partial charge in [-0.1, -0.05) is 53.6 Å². The van der Waals surface area contributed by atoms with Gasteiger partial charge in [-0.2, -0.15) is 0 Å². The highest BCUT2D eigenvalue weighted by Crippen LogP contribution is 2.47. The number of anilines is 3.